The Morgan fingerprint density at radius 1 is 0.579 bits per heavy atom. The van der Waals surface area contributed by atoms with Crippen molar-refractivity contribution in [2.45, 2.75) is 76.3 Å². The second-order valence-corrected chi connectivity index (χ2v) is 11.3. The molecule has 2 aromatic carbocycles. The number of nitrogens with zero attached hydrogens (tertiary/aromatic N) is 4. The van der Waals surface area contributed by atoms with Gasteiger partial charge >= 0.3 is 0 Å². The summed E-state index contributed by atoms with van der Waals surface area (Å²) in [5.41, 5.74) is 5.24. The molecule has 198 valence electrons. The molecule has 4 aliphatic heterocycles. The summed E-state index contributed by atoms with van der Waals surface area (Å²) in [6.07, 6.45) is 5.75. The summed E-state index contributed by atoms with van der Waals surface area (Å²) in [7, 11) is 0. The summed E-state index contributed by atoms with van der Waals surface area (Å²) < 4.78 is 32.7. The van der Waals surface area contributed by atoms with Gasteiger partial charge < -0.3 is 18.9 Å². The fourth-order valence-corrected chi connectivity index (χ4v) is 6.12. The molecule has 0 saturated carbocycles. The van der Waals surface area contributed by atoms with Crippen LogP contribution in [0, 0.1) is 0 Å². The van der Waals surface area contributed by atoms with Gasteiger partial charge in [0.05, 0.1) is 26.4 Å². The Morgan fingerprint density at radius 3 is 1.37 bits per heavy atom. The van der Waals surface area contributed by atoms with Crippen LogP contribution >= 0.6 is 0 Å². The van der Waals surface area contributed by atoms with Gasteiger partial charge in [-0.3, -0.25) is 0 Å². The molecule has 38 heavy (non-hydrogen) atoms. The summed E-state index contributed by atoms with van der Waals surface area (Å²) in [5.74, 6) is 2.81. The van der Waals surface area contributed by atoms with E-state index < -0.39 is 0 Å². The maximum atomic E-state index is 5.65. The lowest BCUT2D eigenvalue weighted by atomic mass is 10.1. The normalized spacial score (nSPS) is 25.4. The van der Waals surface area contributed by atoms with Gasteiger partial charge in [-0.15, -0.1) is 0 Å². The second-order valence-electron chi connectivity index (χ2n) is 11.3. The molecule has 6 heterocycles. The van der Waals surface area contributed by atoms with Crippen LogP contribution in [0.3, 0.4) is 0 Å². The van der Waals surface area contributed by atoms with Crippen molar-refractivity contribution in [3.63, 3.8) is 0 Å². The zero-order valence-corrected chi connectivity index (χ0v) is 21.8. The number of aromatic nitrogens is 4. The number of imidazole rings is 2. The van der Waals surface area contributed by atoms with E-state index >= 15 is 0 Å². The number of hydrogen-bond acceptors (Lipinski definition) is 4. The van der Waals surface area contributed by atoms with Crippen LogP contribution in [-0.2, 0) is 58.0 Å². The molecule has 4 aliphatic rings. The highest BCUT2D eigenvalue weighted by molar-refractivity contribution is 5.73. The molecule has 0 aliphatic carbocycles. The third kappa shape index (κ3) is 4.64. The van der Waals surface area contributed by atoms with Crippen molar-refractivity contribution < 1.29 is 28.1 Å². The molecule has 0 N–H and O–H groups in total. The lowest BCUT2D eigenvalue weighted by Gasteiger charge is -2.06. The average Bonchev–Trinajstić information content (AvgIpc) is 3.75. The number of benzene rings is 2. The number of hydrogen-bond donors (Lipinski definition) is 0. The Kier molecular flexibility index (Phi) is 5.75. The minimum absolute atomic E-state index is 0.346. The monoisotopic (exact) mass is 516 g/mol. The fourth-order valence-electron chi connectivity index (χ4n) is 6.12. The molecule has 0 bridgehead atoms. The Labute approximate surface area is 222 Å². The van der Waals surface area contributed by atoms with Crippen molar-refractivity contribution in [1.82, 2.24) is 9.13 Å². The summed E-state index contributed by atoms with van der Waals surface area (Å²) in [4.78, 5) is 0. The Hall–Kier alpha value is -2.78. The Morgan fingerprint density at radius 2 is 0.974 bits per heavy atom. The molecule has 4 atom stereocenters. The highest BCUT2D eigenvalue weighted by Gasteiger charge is 2.36. The maximum Gasteiger partial charge on any atom is 0.257 e. The Bertz CT molecular complexity index is 1260. The van der Waals surface area contributed by atoms with Gasteiger partial charge in [-0.05, 0) is 37.1 Å². The minimum Gasteiger partial charge on any atom is -0.369 e. The van der Waals surface area contributed by atoms with Crippen LogP contribution in [0.1, 0.15) is 24.5 Å². The summed E-state index contributed by atoms with van der Waals surface area (Å²) in [5, 5.41) is 0. The largest absolute Gasteiger partial charge is 0.369 e. The minimum atomic E-state index is 0.346. The second kappa shape index (κ2) is 9.45. The fraction of sp³-hybridized carbons (Fsp3) is 0.533. The van der Waals surface area contributed by atoms with Gasteiger partial charge in [-0.25, -0.2) is 18.3 Å². The number of para-hydroxylation sites is 4. The van der Waals surface area contributed by atoms with Crippen LogP contribution in [0.2, 0.25) is 0 Å². The third-order valence-electron chi connectivity index (χ3n) is 8.38. The molecular weight excluding hydrogens is 480 g/mol. The zero-order chi connectivity index (χ0) is 25.1. The maximum absolute atomic E-state index is 5.65. The molecule has 4 unspecified atom stereocenters. The molecule has 8 nitrogen and oxygen atoms in total. The van der Waals surface area contributed by atoms with E-state index in [0.29, 0.717) is 24.4 Å². The summed E-state index contributed by atoms with van der Waals surface area (Å²) >= 11 is 0. The average molecular weight is 517 g/mol. The first-order chi connectivity index (χ1) is 18.8. The van der Waals surface area contributed by atoms with E-state index in [1.807, 2.05) is 0 Å². The number of rotatable bonds is 13. The molecule has 2 aromatic heterocycles. The van der Waals surface area contributed by atoms with Crippen LogP contribution in [-0.4, -0.2) is 60.0 Å². The predicted octanol–water partition coefficient (Wildman–Crippen LogP) is 2.33. The van der Waals surface area contributed by atoms with Crippen molar-refractivity contribution >= 4 is 22.1 Å². The van der Waals surface area contributed by atoms with Crippen LogP contribution < -0.4 is 9.13 Å². The molecule has 4 fully saturated rings. The van der Waals surface area contributed by atoms with E-state index in [2.05, 4.69) is 66.8 Å². The van der Waals surface area contributed by atoms with E-state index in [0.717, 1.165) is 78.3 Å². The molecule has 8 rings (SSSR count). The van der Waals surface area contributed by atoms with Crippen LogP contribution in [0.15, 0.2) is 48.5 Å². The van der Waals surface area contributed by atoms with Gasteiger partial charge in [-0.1, -0.05) is 24.3 Å². The Balaban J connectivity index is 1.07. The van der Waals surface area contributed by atoms with Crippen LogP contribution in [0.25, 0.3) is 22.1 Å². The molecular formula is C30H36N4O4+2. The first-order valence-electron chi connectivity index (χ1n) is 14.3. The van der Waals surface area contributed by atoms with E-state index in [-0.39, 0.29) is 0 Å². The van der Waals surface area contributed by atoms with E-state index in [4.69, 9.17) is 18.9 Å². The molecule has 0 spiro atoms. The van der Waals surface area contributed by atoms with Crippen molar-refractivity contribution in [2.75, 3.05) is 26.4 Å². The van der Waals surface area contributed by atoms with Crippen LogP contribution in [0.5, 0.6) is 0 Å². The van der Waals surface area contributed by atoms with Gasteiger partial charge in [0.1, 0.15) is 50.6 Å². The quantitative estimate of drug-likeness (QED) is 0.155. The van der Waals surface area contributed by atoms with Crippen molar-refractivity contribution in [2.24, 2.45) is 0 Å². The van der Waals surface area contributed by atoms with Gasteiger partial charge in [0, 0.05) is 12.8 Å². The highest BCUT2D eigenvalue weighted by atomic mass is 16.6. The lowest BCUT2D eigenvalue weighted by Crippen LogP contribution is -2.41. The standard InChI is InChI=1S/C30H36N4O4/c1-2-8-26-25(7-1)31(13-21-17-35-21)29(32(26)14-22-18-36-22)11-5-6-12-30-33(15-23-19-37-23)27-9-3-4-10-28(27)34(30)16-24-20-38-24/h1-4,7-10,21-24H,5-6,11-20H2/q+2. The van der Waals surface area contributed by atoms with Crippen LogP contribution in [0.4, 0.5) is 0 Å². The molecule has 0 amide bonds. The van der Waals surface area contributed by atoms with Gasteiger partial charge in [-0.2, -0.15) is 0 Å². The van der Waals surface area contributed by atoms with E-state index in [9.17, 15) is 0 Å². The predicted molar refractivity (Wildman–Crippen MR) is 140 cm³/mol. The topological polar surface area (TPSA) is 67.7 Å². The van der Waals surface area contributed by atoms with Crippen molar-refractivity contribution in [1.29, 1.82) is 0 Å². The van der Waals surface area contributed by atoms with Crippen molar-refractivity contribution in [3.05, 3.63) is 60.2 Å². The third-order valence-corrected chi connectivity index (χ3v) is 8.38. The summed E-state index contributed by atoms with van der Waals surface area (Å²) in [6, 6.07) is 17.6. The molecule has 8 heteroatoms. The SMILES string of the molecule is c1ccc2c(c1)n(CC1CO1)c(CCCCc1n(CC3CO3)c3ccccc3[n+]1CC1CO1)[n+]2CC1CO1. The zero-order valence-electron chi connectivity index (χ0n) is 21.8. The van der Waals surface area contributed by atoms with Crippen molar-refractivity contribution in [3.8, 4) is 0 Å². The number of fused-ring (bicyclic) bond motifs is 2. The van der Waals surface area contributed by atoms with Gasteiger partial charge in [0.25, 0.3) is 11.6 Å². The smallest absolute Gasteiger partial charge is 0.257 e. The first kappa shape index (κ1) is 23.1. The number of epoxide rings is 4. The molecule has 4 aromatic rings. The van der Waals surface area contributed by atoms with Gasteiger partial charge in [0.2, 0.25) is 0 Å². The first-order valence-corrected chi connectivity index (χ1v) is 14.3. The van der Waals surface area contributed by atoms with E-state index in [1.165, 1.54) is 33.7 Å². The number of ether oxygens (including phenoxy) is 4. The van der Waals surface area contributed by atoms with Gasteiger partial charge in [0.15, 0.2) is 22.1 Å². The number of unbranched alkanes of at least 4 members (excludes halogenated alkanes) is 1. The lowest BCUT2D eigenvalue weighted by molar-refractivity contribution is -0.681. The summed E-state index contributed by atoms with van der Waals surface area (Å²) in [6.45, 7) is 7.23. The molecule has 0 radical (unpaired) electrons. The molecule has 4 saturated heterocycles. The van der Waals surface area contributed by atoms with E-state index in [1.54, 1.807) is 0 Å². The highest BCUT2D eigenvalue weighted by Crippen LogP contribution is 2.24.